The van der Waals surface area contributed by atoms with Crippen molar-refractivity contribution < 1.29 is 23.1 Å². The number of carboxylic acid groups (broad SMARTS) is 1. The first-order chi connectivity index (χ1) is 10.2. The van der Waals surface area contributed by atoms with Gasteiger partial charge in [0, 0.05) is 5.56 Å². The lowest BCUT2D eigenvalue weighted by Gasteiger charge is -2.15. The molecule has 1 unspecified atom stereocenters. The predicted octanol–water partition coefficient (Wildman–Crippen LogP) is 0.960. The van der Waals surface area contributed by atoms with E-state index in [1.54, 1.807) is 13.0 Å². The summed E-state index contributed by atoms with van der Waals surface area (Å²) in [6.07, 6.45) is 2.59. The van der Waals surface area contributed by atoms with Crippen LogP contribution in [0.1, 0.15) is 28.8 Å². The summed E-state index contributed by atoms with van der Waals surface area (Å²) >= 11 is 0. The number of hydrogen-bond acceptors (Lipinski definition) is 4. The first-order valence-corrected chi connectivity index (χ1v) is 8.68. The van der Waals surface area contributed by atoms with Gasteiger partial charge >= 0.3 is 5.97 Å². The zero-order valence-corrected chi connectivity index (χ0v) is 13.1. The Kier molecular flexibility index (Phi) is 4.41. The Balaban J connectivity index is 2.19. The lowest BCUT2D eigenvalue weighted by Crippen LogP contribution is -2.42. The number of carbonyl (C=O) groups is 2. The third kappa shape index (κ3) is 4.20. The molecule has 0 aromatic heterocycles. The van der Waals surface area contributed by atoms with Gasteiger partial charge in [0.05, 0.1) is 11.9 Å². The molecule has 0 saturated heterocycles. The second-order valence-electron chi connectivity index (χ2n) is 5.53. The highest BCUT2D eigenvalue weighted by Gasteiger charge is 2.37. The smallest absolute Gasteiger partial charge is 0.326 e. The van der Waals surface area contributed by atoms with Gasteiger partial charge in [0.1, 0.15) is 6.04 Å². The summed E-state index contributed by atoms with van der Waals surface area (Å²) in [5.41, 5.74) is 1.18. The molecule has 0 spiro atoms. The fourth-order valence-electron chi connectivity index (χ4n) is 2.11. The first-order valence-electron chi connectivity index (χ1n) is 6.79. The fourth-order valence-corrected chi connectivity index (χ4v) is 2.73. The van der Waals surface area contributed by atoms with Crippen molar-refractivity contribution in [3.8, 4) is 0 Å². The molecular weight excluding hydrogens is 308 g/mol. The largest absolute Gasteiger partial charge is 0.480 e. The minimum absolute atomic E-state index is 0.0273. The van der Waals surface area contributed by atoms with E-state index < -0.39 is 27.9 Å². The molecule has 0 bridgehead atoms. The van der Waals surface area contributed by atoms with Crippen molar-refractivity contribution in [1.29, 1.82) is 0 Å². The van der Waals surface area contributed by atoms with E-state index in [1.807, 2.05) is 0 Å². The van der Waals surface area contributed by atoms with Gasteiger partial charge in [-0.05, 0) is 43.4 Å². The Morgan fingerprint density at radius 3 is 2.45 bits per heavy atom. The molecule has 1 aromatic carbocycles. The van der Waals surface area contributed by atoms with Crippen molar-refractivity contribution in [2.45, 2.75) is 25.8 Å². The third-order valence-corrected chi connectivity index (χ3v) is 4.03. The number of aliphatic carboxylic acids is 1. The van der Waals surface area contributed by atoms with E-state index in [2.05, 4.69) is 10.0 Å². The van der Waals surface area contributed by atoms with Gasteiger partial charge in [0.15, 0.2) is 0 Å². The Morgan fingerprint density at radius 2 is 1.95 bits per heavy atom. The predicted molar refractivity (Wildman–Crippen MR) is 81.3 cm³/mol. The molecule has 2 rings (SSSR count). The minimum Gasteiger partial charge on any atom is -0.480 e. The molecule has 8 heteroatoms. The van der Waals surface area contributed by atoms with Crippen LogP contribution < -0.4 is 10.0 Å². The maximum atomic E-state index is 12.2. The molecule has 7 nitrogen and oxygen atoms in total. The number of sulfonamides is 1. The number of anilines is 1. The second kappa shape index (κ2) is 5.96. The standard InChI is InChI=1S/C14H18N2O5S/c1-8-3-4-10(7-11(8)16-22(2,20)21)13(17)15-12(14(18)19)9-5-6-9/h3-4,7,9,12,16H,5-6H2,1-2H3,(H,15,17)(H,18,19). The van der Waals surface area contributed by atoms with Crippen LogP contribution in [0.2, 0.25) is 0 Å². The molecule has 1 aromatic rings. The maximum Gasteiger partial charge on any atom is 0.326 e. The Bertz CT molecular complexity index is 710. The van der Waals surface area contributed by atoms with Crippen molar-refractivity contribution >= 4 is 27.6 Å². The van der Waals surface area contributed by atoms with Gasteiger partial charge in [0.2, 0.25) is 10.0 Å². The van der Waals surface area contributed by atoms with E-state index in [-0.39, 0.29) is 11.5 Å². The van der Waals surface area contributed by atoms with Gasteiger partial charge < -0.3 is 10.4 Å². The molecule has 22 heavy (non-hydrogen) atoms. The minimum atomic E-state index is -3.46. The number of benzene rings is 1. The number of rotatable bonds is 6. The molecule has 1 aliphatic carbocycles. The zero-order valence-electron chi connectivity index (χ0n) is 12.3. The Labute approximate surface area is 128 Å². The molecule has 3 N–H and O–H groups in total. The number of amides is 1. The molecule has 1 atom stereocenters. The van der Waals surface area contributed by atoms with Crippen molar-refractivity contribution in [2.24, 2.45) is 5.92 Å². The maximum absolute atomic E-state index is 12.2. The van der Waals surface area contributed by atoms with Crippen molar-refractivity contribution in [2.75, 3.05) is 11.0 Å². The van der Waals surface area contributed by atoms with Crippen molar-refractivity contribution in [3.63, 3.8) is 0 Å². The molecule has 0 radical (unpaired) electrons. The van der Waals surface area contributed by atoms with Crippen LogP contribution in [-0.2, 0) is 14.8 Å². The zero-order chi connectivity index (χ0) is 16.5. The monoisotopic (exact) mass is 326 g/mol. The fraction of sp³-hybridized carbons (Fsp3) is 0.429. The summed E-state index contributed by atoms with van der Waals surface area (Å²) in [4.78, 5) is 23.3. The summed E-state index contributed by atoms with van der Waals surface area (Å²) in [6, 6.07) is 3.64. The molecule has 1 amide bonds. The van der Waals surface area contributed by atoms with E-state index in [4.69, 9.17) is 5.11 Å². The summed E-state index contributed by atoms with van der Waals surface area (Å²) in [5.74, 6) is -1.62. The molecule has 0 aliphatic heterocycles. The lowest BCUT2D eigenvalue weighted by molar-refractivity contribution is -0.139. The van der Waals surface area contributed by atoms with Crippen LogP contribution in [-0.4, -0.2) is 37.7 Å². The van der Waals surface area contributed by atoms with Crippen molar-refractivity contribution in [3.05, 3.63) is 29.3 Å². The number of aryl methyl sites for hydroxylation is 1. The van der Waals surface area contributed by atoms with E-state index in [0.717, 1.165) is 19.1 Å². The van der Waals surface area contributed by atoms with Crippen LogP contribution in [0.5, 0.6) is 0 Å². The highest BCUT2D eigenvalue weighted by molar-refractivity contribution is 7.92. The van der Waals surface area contributed by atoms with Gasteiger partial charge in [-0.25, -0.2) is 13.2 Å². The van der Waals surface area contributed by atoms with E-state index in [9.17, 15) is 18.0 Å². The van der Waals surface area contributed by atoms with Crippen LogP contribution in [0, 0.1) is 12.8 Å². The van der Waals surface area contributed by atoms with Crippen LogP contribution in [0.25, 0.3) is 0 Å². The highest BCUT2D eigenvalue weighted by Crippen LogP contribution is 2.33. The number of carbonyl (C=O) groups excluding carboxylic acids is 1. The summed E-state index contributed by atoms with van der Waals surface area (Å²) < 4.78 is 25.0. The topological polar surface area (TPSA) is 113 Å². The number of nitrogens with one attached hydrogen (secondary N) is 2. The Hall–Kier alpha value is -2.09. The molecule has 1 aliphatic rings. The number of carboxylic acids is 1. The van der Waals surface area contributed by atoms with Gasteiger partial charge in [-0.1, -0.05) is 6.07 Å². The average molecular weight is 326 g/mol. The molecule has 0 heterocycles. The van der Waals surface area contributed by atoms with E-state index in [0.29, 0.717) is 11.3 Å². The third-order valence-electron chi connectivity index (χ3n) is 3.44. The molecule has 1 saturated carbocycles. The summed E-state index contributed by atoms with van der Waals surface area (Å²) in [6.45, 7) is 1.71. The van der Waals surface area contributed by atoms with Gasteiger partial charge in [-0.15, -0.1) is 0 Å². The van der Waals surface area contributed by atoms with E-state index >= 15 is 0 Å². The van der Waals surface area contributed by atoms with Gasteiger partial charge in [0.25, 0.3) is 5.91 Å². The second-order valence-corrected chi connectivity index (χ2v) is 7.28. The summed E-state index contributed by atoms with van der Waals surface area (Å²) in [7, 11) is -3.46. The van der Waals surface area contributed by atoms with E-state index in [1.165, 1.54) is 12.1 Å². The van der Waals surface area contributed by atoms with Crippen molar-refractivity contribution in [1.82, 2.24) is 5.32 Å². The van der Waals surface area contributed by atoms with Crippen LogP contribution in [0.4, 0.5) is 5.69 Å². The van der Waals surface area contributed by atoms with Gasteiger partial charge in [-0.2, -0.15) is 0 Å². The van der Waals surface area contributed by atoms with Crippen LogP contribution in [0.3, 0.4) is 0 Å². The number of hydrogen-bond donors (Lipinski definition) is 3. The molecular formula is C14H18N2O5S. The summed E-state index contributed by atoms with van der Waals surface area (Å²) in [5, 5.41) is 11.6. The average Bonchev–Trinajstić information content (AvgIpc) is 3.20. The Morgan fingerprint density at radius 1 is 1.32 bits per heavy atom. The first kappa shape index (κ1) is 16.3. The van der Waals surface area contributed by atoms with Crippen LogP contribution >= 0.6 is 0 Å². The highest BCUT2D eigenvalue weighted by atomic mass is 32.2. The molecule has 1 fully saturated rings. The quantitative estimate of drug-likeness (QED) is 0.721. The normalized spacial score (nSPS) is 15.9. The van der Waals surface area contributed by atoms with Crippen LogP contribution in [0.15, 0.2) is 18.2 Å². The lowest BCUT2D eigenvalue weighted by atomic mass is 10.1. The van der Waals surface area contributed by atoms with Gasteiger partial charge in [-0.3, -0.25) is 9.52 Å². The SMILES string of the molecule is Cc1ccc(C(=O)NC(C(=O)O)C2CC2)cc1NS(C)(=O)=O. The molecule has 120 valence electrons.